The van der Waals surface area contributed by atoms with E-state index in [1.165, 1.54) is 6.42 Å². The van der Waals surface area contributed by atoms with Crippen molar-refractivity contribution >= 4 is 47.4 Å². The SMILES string of the molecule is CC(C)(C(F)(F)F)C(F)(F)F.CCC.O=C1CC(=O)c2ccccc21.O=C1OC(=O)c2ccccc21.O=C1OC(=O)c2ccccc21.O=C1OC(=O)c2ccccc21. The van der Waals surface area contributed by atoms with Crippen LogP contribution in [0.2, 0.25) is 0 Å². The van der Waals surface area contributed by atoms with Crippen molar-refractivity contribution in [2.45, 2.75) is 52.9 Å². The van der Waals surface area contributed by atoms with Gasteiger partial charge in [-0.15, -0.1) is 0 Å². The molecule has 4 aliphatic rings. The summed E-state index contributed by atoms with van der Waals surface area (Å²) in [5.41, 5.74) is -0.310. The van der Waals surface area contributed by atoms with E-state index in [9.17, 15) is 64.7 Å². The number of carbonyl (C=O) groups excluding carboxylic acids is 8. The molecule has 1 aliphatic carbocycles. The monoisotopic (exact) mass is 814 g/mol. The Bertz CT molecular complexity index is 1830. The largest absolute Gasteiger partial charge is 0.402 e. The molecule has 11 nitrogen and oxygen atoms in total. The van der Waals surface area contributed by atoms with E-state index in [0.29, 0.717) is 44.5 Å². The molecule has 0 fully saturated rings. The molecular formula is C41H32F6O11. The molecule has 8 rings (SSSR count). The Hall–Kier alpha value is -6.78. The fraction of sp³-hybridized carbons (Fsp3) is 0.220. The number of carbonyl (C=O) groups is 8. The maximum absolute atomic E-state index is 11.6. The number of esters is 6. The van der Waals surface area contributed by atoms with E-state index >= 15 is 0 Å². The van der Waals surface area contributed by atoms with Crippen molar-refractivity contribution in [1.29, 1.82) is 0 Å². The van der Waals surface area contributed by atoms with E-state index in [2.05, 4.69) is 28.1 Å². The Morgan fingerprint density at radius 3 is 0.724 bits per heavy atom. The lowest BCUT2D eigenvalue weighted by atomic mass is 9.92. The van der Waals surface area contributed by atoms with Crippen molar-refractivity contribution in [3.63, 3.8) is 0 Å². The van der Waals surface area contributed by atoms with Crippen molar-refractivity contribution < 1.29 is 78.9 Å². The van der Waals surface area contributed by atoms with E-state index in [1.807, 2.05) is 0 Å². The van der Waals surface area contributed by atoms with Crippen LogP contribution in [0.25, 0.3) is 0 Å². The molecule has 3 heterocycles. The Balaban J connectivity index is 0.000000191. The summed E-state index contributed by atoms with van der Waals surface area (Å²) in [5.74, 6) is -3.40. The number of Topliss-reactive ketones (excluding diaryl/α,β-unsaturated/α-hetero) is 2. The van der Waals surface area contributed by atoms with E-state index in [0.717, 1.165) is 0 Å². The first-order chi connectivity index (χ1) is 27.1. The molecule has 58 heavy (non-hydrogen) atoms. The fourth-order valence-corrected chi connectivity index (χ4v) is 4.57. The summed E-state index contributed by atoms with van der Waals surface area (Å²) in [6.07, 6.45) is -9.18. The minimum atomic E-state index is -5.24. The summed E-state index contributed by atoms with van der Waals surface area (Å²) in [7, 11) is 0. The zero-order valence-corrected chi connectivity index (χ0v) is 30.9. The maximum Gasteiger partial charge on any atom is 0.402 e. The fourth-order valence-electron chi connectivity index (χ4n) is 4.57. The van der Waals surface area contributed by atoms with Crippen molar-refractivity contribution in [3.05, 3.63) is 142 Å². The van der Waals surface area contributed by atoms with Gasteiger partial charge in [-0.3, -0.25) is 9.59 Å². The van der Waals surface area contributed by atoms with Gasteiger partial charge in [0.2, 0.25) is 0 Å². The zero-order valence-electron chi connectivity index (χ0n) is 30.9. The van der Waals surface area contributed by atoms with E-state index in [1.54, 1.807) is 97.1 Å². The second-order valence-corrected chi connectivity index (χ2v) is 12.6. The van der Waals surface area contributed by atoms with Gasteiger partial charge in [0.1, 0.15) is 0 Å². The average Bonchev–Trinajstić information content (AvgIpc) is 3.84. The predicted octanol–water partition coefficient (Wildman–Crippen LogP) is 9.00. The zero-order chi connectivity index (χ0) is 43.6. The van der Waals surface area contributed by atoms with Crippen molar-refractivity contribution in [2.24, 2.45) is 5.41 Å². The van der Waals surface area contributed by atoms with E-state index < -0.39 is 53.6 Å². The molecule has 4 aromatic carbocycles. The van der Waals surface area contributed by atoms with Gasteiger partial charge in [0, 0.05) is 11.1 Å². The third kappa shape index (κ3) is 10.7. The molecule has 4 aromatic rings. The number of rotatable bonds is 0. The first-order valence-electron chi connectivity index (χ1n) is 16.9. The van der Waals surface area contributed by atoms with Gasteiger partial charge in [-0.1, -0.05) is 80.9 Å². The molecule has 0 saturated carbocycles. The van der Waals surface area contributed by atoms with Crippen LogP contribution in [0.5, 0.6) is 0 Å². The Labute approximate surface area is 325 Å². The minimum absolute atomic E-state index is 0.0504. The van der Waals surface area contributed by atoms with E-state index in [-0.39, 0.29) is 31.8 Å². The molecule has 0 radical (unpaired) electrons. The van der Waals surface area contributed by atoms with Crippen LogP contribution in [-0.2, 0) is 14.2 Å². The quantitative estimate of drug-likeness (QED) is 0.0720. The molecule has 0 atom stereocenters. The van der Waals surface area contributed by atoms with Crippen LogP contribution in [0.15, 0.2) is 97.1 Å². The maximum atomic E-state index is 11.6. The number of hydrogen-bond donors (Lipinski definition) is 0. The van der Waals surface area contributed by atoms with Gasteiger partial charge in [0.05, 0.1) is 39.8 Å². The van der Waals surface area contributed by atoms with Gasteiger partial charge in [0.15, 0.2) is 17.0 Å². The summed E-state index contributed by atoms with van der Waals surface area (Å²) < 4.78 is 82.7. The van der Waals surface area contributed by atoms with Crippen LogP contribution in [0.1, 0.15) is 123 Å². The number of halogens is 6. The summed E-state index contributed by atoms with van der Waals surface area (Å²) in [6.45, 7) is 4.46. The lowest BCUT2D eigenvalue weighted by Crippen LogP contribution is -2.44. The molecule has 0 saturated heterocycles. The van der Waals surface area contributed by atoms with Gasteiger partial charge in [-0.05, 0) is 50.2 Å². The number of hydrogen-bond acceptors (Lipinski definition) is 11. The number of ether oxygens (including phenoxy) is 3. The average molecular weight is 815 g/mol. The second-order valence-electron chi connectivity index (χ2n) is 12.6. The molecule has 0 aromatic heterocycles. The van der Waals surface area contributed by atoms with Crippen molar-refractivity contribution in [1.82, 2.24) is 0 Å². The Morgan fingerprint density at radius 2 is 0.569 bits per heavy atom. The van der Waals surface area contributed by atoms with Crippen LogP contribution in [0.4, 0.5) is 26.3 Å². The smallest absolute Gasteiger partial charge is 0.386 e. The molecule has 3 aliphatic heterocycles. The van der Waals surface area contributed by atoms with Gasteiger partial charge in [0.25, 0.3) is 0 Å². The normalized spacial score (nSPS) is 14.4. The molecule has 0 spiro atoms. The lowest BCUT2D eigenvalue weighted by Gasteiger charge is -2.29. The first kappa shape index (κ1) is 45.6. The van der Waals surface area contributed by atoms with Gasteiger partial charge in [-0.25, -0.2) is 28.8 Å². The van der Waals surface area contributed by atoms with Gasteiger partial charge >= 0.3 is 48.2 Å². The Morgan fingerprint density at radius 1 is 0.397 bits per heavy atom. The molecule has 0 unspecified atom stereocenters. The predicted molar refractivity (Wildman–Crippen MR) is 190 cm³/mol. The second kappa shape index (κ2) is 18.9. The first-order valence-corrected chi connectivity index (χ1v) is 16.9. The van der Waals surface area contributed by atoms with Crippen LogP contribution in [-0.4, -0.2) is 59.7 Å². The summed E-state index contributed by atoms with van der Waals surface area (Å²) >= 11 is 0. The lowest BCUT2D eigenvalue weighted by molar-refractivity contribution is -0.327. The highest BCUT2D eigenvalue weighted by Crippen LogP contribution is 2.49. The number of fused-ring (bicyclic) bond motifs is 4. The minimum Gasteiger partial charge on any atom is -0.386 e. The summed E-state index contributed by atoms with van der Waals surface area (Å²) in [4.78, 5) is 87.1. The number of benzene rings is 4. The third-order valence-corrected chi connectivity index (χ3v) is 7.92. The molecule has 0 N–H and O–H groups in total. The van der Waals surface area contributed by atoms with Crippen LogP contribution >= 0.6 is 0 Å². The molecular weight excluding hydrogens is 782 g/mol. The molecule has 0 bridgehead atoms. The highest BCUT2D eigenvalue weighted by Gasteiger charge is 2.64. The number of cyclic esters (lactones) is 6. The van der Waals surface area contributed by atoms with Crippen LogP contribution in [0, 0.1) is 5.41 Å². The summed E-state index contributed by atoms with van der Waals surface area (Å²) in [6, 6.07) is 26.5. The standard InChI is InChI=1S/C9H6O2.3C8H4O3.C5H6F6.C3H8/c10-8-5-9(11)7-4-2-1-3-6(7)8;3*9-7-5-3-1-2-4-6(5)8(10)11-7;1-3(2,4(6,7)8)5(9,10)11;1-3-2/h1-4H,5H2;3*1-4H;1-2H3;3H2,1-2H3. The van der Waals surface area contributed by atoms with E-state index in [4.69, 9.17) is 0 Å². The topological polar surface area (TPSA) is 164 Å². The van der Waals surface area contributed by atoms with Gasteiger partial charge < -0.3 is 14.2 Å². The Kier molecular flexibility index (Phi) is 14.9. The molecule has 304 valence electrons. The molecule has 0 amide bonds. The van der Waals surface area contributed by atoms with Crippen LogP contribution < -0.4 is 0 Å². The third-order valence-electron chi connectivity index (χ3n) is 7.92. The van der Waals surface area contributed by atoms with Crippen molar-refractivity contribution in [2.75, 3.05) is 0 Å². The van der Waals surface area contributed by atoms with Crippen LogP contribution in [0.3, 0.4) is 0 Å². The highest BCUT2D eigenvalue weighted by atomic mass is 19.4. The van der Waals surface area contributed by atoms with Gasteiger partial charge in [-0.2, -0.15) is 26.3 Å². The van der Waals surface area contributed by atoms with Crippen molar-refractivity contribution in [3.8, 4) is 0 Å². The number of ketones is 2. The number of alkyl halides is 6. The molecule has 17 heteroatoms. The highest BCUT2D eigenvalue weighted by molar-refractivity contribution is 6.24. The summed E-state index contributed by atoms with van der Waals surface area (Å²) in [5, 5.41) is 0.